The van der Waals surface area contributed by atoms with Crippen LogP contribution in [0.4, 0.5) is 4.79 Å². The molecular formula is C15H27N2O8P. The molecular weight excluding hydrogens is 367 g/mol. The lowest BCUT2D eigenvalue weighted by molar-refractivity contribution is -0.168. The summed E-state index contributed by atoms with van der Waals surface area (Å²) in [5.74, 6) is -3.21. The van der Waals surface area contributed by atoms with Crippen molar-refractivity contribution < 1.29 is 38.7 Å². The third-order valence-corrected chi connectivity index (χ3v) is 4.82. The standard InChI is InChI=1S/C15H27N2O8P/c1-8(2)14(21)24-11(5)25-15(22)17-10(4)26(23)7-6-12(18)16-9(3)13(19)20/h8-11,23H,6-7H2,1-5H3,(H,16,18)(H,17,22)(H,19,20). The summed E-state index contributed by atoms with van der Waals surface area (Å²) in [7, 11) is -1.73. The van der Waals surface area contributed by atoms with Gasteiger partial charge in [0.2, 0.25) is 12.2 Å². The summed E-state index contributed by atoms with van der Waals surface area (Å²) in [5.41, 5.74) is 0. The molecule has 0 aliphatic rings. The van der Waals surface area contributed by atoms with Gasteiger partial charge in [-0.25, -0.2) is 4.79 Å². The molecule has 0 rings (SSSR count). The van der Waals surface area contributed by atoms with Crippen molar-refractivity contribution in [3.63, 3.8) is 0 Å². The van der Waals surface area contributed by atoms with Crippen molar-refractivity contribution in [2.45, 2.75) is 59.2 Å². The molecule has 0 saturated carbocycles. The van der Waals surface area contributed by atoms with E-state index in [0.717, 1.165) is 0 Å². The number of carboxylic acid groups (broad SMARTS) is 1. The molecule has 4 N–H and O–H groups in total. The monoisotopic (exact) mass is 394 g/mol. The molecule has 0 spiro atoms. The third kappa shape index (κ3) is 10.1. The van der Waals surface area contributed by atoms with Crippen LogP contribution in [0.15, 0.2) is 0 Å². The van der Waals surface area contributed by atoms with Gasteiger partial charge in [-0.15, -0.1) is 0 Å². The SMILES string of the molecule is CC(OC(=O)NC(C)P(O)CCC(=O)NC(C)C(=O)O)OC(=O)C(C)C. The van der Waals surface area contributed by atoms with Crippen LogP contribution < -0.4 is 10.6 Å². The Morgan fingerprint density at radius 1 is 1.00 bits per heavy atom. The minimum absolute atomic E-state index is 0.0762. The molecule has 0 fully saturated rings. The highest BCUT2D eigenvalue weighted by Crippen LogP contribution is 2.35. The van der Waals surface area contributed by atoms with Gasteiger partial charge in [0.15, 0.2) is 0 Å². The molecule has 0 aromatic heterocycles. The lowest BCUT2D eigenvalue weighted by Crippen LogP contribution is -2.39. The van der Waals surface area contributed by atoms with Crippen LogP contribution in [0.2, 0.25) is 0 Å². The number of esters is 1. The number of carboxylic acids is 1. The lowest BCUT2D eigenvalue weighted by atomic mass is 10.2. The Morgan fingerprint density at radius 3 is 2.08 bits per heavy atom. The van der Waals surface area contributed by atoms with Gasteiger partial charge >= 0.3 is 18.0 Å². The minimum atomic E-state index is -1.73. The summed E-state index contributed by atoms with van der Waals surface area (Å²) in [4.78, 5) is 55.3. The summed E-state index contributed by atoms with van der Waals surface area (Å²) in [5, 5.41) is 13.4. The average molecular weight is 394 g/mol. The molecule has 4 unspecified atom stereocenters. The Bertz CT molecular complexity index is 514. The summed E-state index contributed by atoms with van der Waals surface area (Å²) in [6, 6.07) is -1.02. The van der Waals surface area contributed by atoms with Crippen molar-refractivity contribution in [1.82, 2.24) is 10.6 Å². The van der Waals surface area contributed by atoms with Gasteiger partial charge in [0.1, 0.15) is 6.04 Å². The van der Waals surface area contributed by atoms with Gasteiger partial charge in [-0.05, 0) is 13.8 Å². The van der Waals surface area contributed by atoms with E-state index in [1.54, 1.807) is 13.8 Å². The molecule has 0 saturated heterocycles. The number of carbonyl (C=O) groups excluding carboxylic acids is 3. The normalized spacial score (nSPS) is 15.3. The van der Waals surface area contributed by atoms with Gasteiger partial charge in [-0.3, -0.25) is 14.4 Å². The summed E-state index contributed by atoms with van der Waals surface area (Å²) in [6.45, 7) is 7.54. The zero-order valence-electron chi connectivity index (χ0n) is 15.5. The first-order valence-electron chi connectivity index (χ1n) is 8.09. The molecule has 0 radical (unpaired) electrons. The summed E-state index contributed by atoms with van der Waals surface area (Å²) in [6.07, 6.45) is -1.95. The average Bonchev–Trinajstić information content (AvgIpc) is 2.51. The second-order valence-electron chi connectivity index (χ2n) is 5.93. The molecule has 150 valence electrons. The van der Waals surface area contributed by atoms with Crippen LogP contribution in [0.25, 0.3) is 0 Å². The molecule has 0 bridgehead atoms. The Balaban J connectivity index is 4.22. The van der Waals surface area contributed by atoms with Crippen LogP contribution in [0.3, 0.4) is 0 Å². The van der Waals surface area contributed by atoms with E-state index in [4.69, 9.17) is 14.6 Å². The van der Waals surface area contributed by atoms with Gasteiger partial charge in [0.05, 0.1) is 11.7 Å². The first kappa shape index (κ1) is 24.1. The van der Waals surface area contributed by atoms with E-state index in [9.17, 15) is 24.1 Å². The van der Waals surface area contributed by atoms with Gasteiger partial charge < -0.3 is 30.1 Å². The number of ether oxygens (including phenoxy) is 2. The molecule has 2 amide bonds. The van der Waals surface area contributed by atoms with Crippen molar-refractivity contribution in [1.29, 1.82) is 0 Å². The zero-order chi connectivity index (χ0) is 20.4. The molecule has 0 aliphatic carbocycles. The van der Waals surface area contributed by atoms with Gasteiger partial charge in [-0.2, -0.15) is 0 Å². The molecule has 26 heavy (non-hydrogen) atoms. The number of rotatable bonds is 10. The molecule has 0 aliphatic heterocycles. The van der Waals surface area contributed by atoms with Crippen molar-refractivity contribution in [2.24, 2.45) is 5.92 Å². The van der Waals surface area contributed by atoms with Gasteiger partial charge in [0.25, 0.3) is 0 Å². The van der Waals surface area contributed by atoms with Crippen molar-refractivity contribution in [3.05, 3.63) is 0 Å². The smallest absolute Gasteiger partial charge is 0.410 e. The van der Waals surface area contributed by atoms with Crippen LogP contribution in [-0.2, 0) is 23.9 Å². The number of nitrogens with one attached hydrogen (secondary N) is 2. The second kappa shape index (κ2) is 11.6. The highest BCUT2D eigenvalue weighted by Gasteiger charge is 2.22. The lowest BCUT2D eigenvalue weighted by Gasteiger charge is -2.21. The van der Waals surface area contributed by atoms with Crippen molar-refractivity contribution in [2.75, 3.05) is 6.16 Å². The number of hydrogen-bond donors (Lipinski definition) is 4. The van der Waals surface area contributed by atoms with Crippen LogP contribution in [0.5, 0.6) is 0 Å². The van der Waals surface area contributed by atoms with Crippen molar-refractivity contribution >= 4 is 32.1 Å². The van der Waals surface area contributed by atoms with Gasteiger partial charge in [0, 0.05) is 27.7 Å². The number of amides is 2. The predicted molar refractivity (Wildman–Crippen MR) is 93.3 cm³/mol. The van der Waals surface area contributed by atoms with Crippen molar-refractivity contribution in [3.8, 4) is 0 Å². The van der Waals surface area contributed by atoms with E-state index >= 15 is 0 Å². The Kier molecular flexibility index (Phi) is 10.8. The van der Waals surface area contributed by atoms with E-state index in [-0.39, 0.29) is 18.5 Å². The summed E-state index contributed by atoms with van der Waals surface area (Å²) >= 11 is 0. The molecule has 0 heterocycles. The quantitative estimate of drug-likeness (QED) is 0.243. The highest BCUT2D eigenvalue weighted by molar-refractivity contribution is 7.52. The maximum absolute atomic E-state index is 11.7. The first-order chi connectivity index (χ1) is 11.9. The van der Waals surface area contributed by atoms with Gasteiger partial charge in [-0.1, -0.05) is 13.8 Å². The maximum atomic E-state index is 11.7. The van der Waals surface area contributed by atoms with E-state index in [1.165, 1.54) is 20.8 Å². The fourth-order valence-electron chi connectivity index (χ4n) is 1.54. The highest BCUT2D eigenvalue weighted by atomic mass is 31.1. The topological polar surface area (TPSA) is 151 Å². The molecule has 10 nitrogen and oxygen atoms in total. The largest absolute Gasteiger partial charge is 0.480 e. The first-order valence-corrected chi connectivity index (χ1v) is 9.64. The van der Waals surface area contributed by atoms with E-state index in [1.807, 2.05) is 0 Å². The Hall–Kier alpha value is -1.93. The van der Waals surface area contributed by atoms with Crippen LogP contribution in [0, 0.1) is 5.92 Å². The van der Waals surface area contributed by atoms with E-state index in [0.29, 0.717) is 0 Å². The molecule has 0 aromatic rings. The van der Waals surface area contributed by atoms with Crippen LogP contribution >= 0.6 is 8.15 Å². The summed E-state index contributed by atoms with van der Waals surface area (Å²) < 4.78 is 9.74. The molecule has 0 aromatic carbocycles. The second-order valence-corrected chi connectivity index (χ2v) is 8.03. The zero-order valence-corrected chi connectivity index (χ0v) is 16.4. The van der Waals surface area contributed by atoms with E-state index in [2.05, 4.69) is 10.6 Å². The third-order valence-electron chi connectivity index (χ3n) is 3.12. The Morgan fingerprint density at radius 2 is 1.58 bits per heavy atom. The number of alkyl carbamates (subject to hydrolysis) is 1. The van der Waals surface area contributed by atoms with E-state index < -0.39 is 50.2 Å². The van der Waals surface area contributed by atoms with Crippen LogP contribution in [-0.4, -0.2) is 58.2 Å². The number of hydrogen-bond acceptors (Lipinski definition) is 7. The maximum Gasteiger partial charge on any atom is 0.410 e. The molecule has 11 heteroatoms. The molecule has 4 atom stereocenters. The number of carbonyl (C=O) groups is 4. The predicted octanol–water partition coefficient (Wildman–Crippen LogP) is 0.972. The number of aliphatic carboxylic acids is 1. The fraction of sp³-hybridized carbons (Fsp3) is 0.733. The van der Waals surface area contributed by atoms with Crippen LogP contribution in [0.1, 0.15) is 41.0 Å². The minimum Gasteiger partial charge on any atom is -0.480 e. The fourth-order valence-corrected chi connectivity index (χ4v) is 2.61. The Labute approximate surface area is 153 Å².